The van der Waals surface area contributed by atoms with Crippen LogP contribution in [0.4, 0.5) is 0 Å². The number of cyclic esters (lactones) is 2. The van der Waals surface area contributed by atoms with E-state index in [4.69, 9.17) is 9.47 Å². The molecule has 0 saturated carbocycles. The number of benzene rings is 1. The lowest BCUT2D eigenvalue weighted by Crippen LogP contribution is -2.48. The van der Waals surface area contributed by atoms with Crippen LogP contribution in [-0.2, 0) is 30.9 Å². The lowest BCUT2D eigenvalue weighted by Gasteiger charge is -2.39. The Hall–Kier alpha value is -1.68. The van der Waals surface area contributed by atoms with Crippen LogP contribution in [0.15, 0.2) is 24.3 Å². The molecule has 1 aromatic rings. The lowest BCUT2D eigenvalue weighted by atomic mass is 9.58. The van der Waals surface area contributed by atoms with Crippen molar-refractivity contribution in [3.63, 3.8) is 0 Å². The molecular formula is C16H16O4. The van der Waals surface area contributed by atoms with E-state index in [-0.39, 0.29) is 23.8 Å². The van der Waals surface area contributed by atoms with E-state index in [0.29, 0.717) is 19.6 Å². The van der Waals surface area contributed by atoms with Gasteiger partial charge in [0.2, 0.25) is 0 Å². The minimum absolute atomic E-state index is 0.0490. The predicted molar refractivity (Wildman–Crippen MR) is 70.0 cm³/mol. The van der Waals surface area contributed by atoms with Crippen molar-refractivity contribution in [1.82, 2.24) is 0 Å². The monoisotopic (exact) mass is 272 g/mol. The van der Waals surface area contributed by atoms with Gasteiger partial charge in [-0.05, 0) is 30.4 Å². The van der Waals surface area contributed by atoms with E-state index in [1.165, 1.54) is 5.56 Å². The minimum Gasteiger partial charge on any atom is -0.392 e. The molecule has 1 aliphatic carbocycles. The molecule has 0 radical (unpaired) electrons. The molecule has 4 nitrogen and oxygen atoms in total. The van der Waals surface area contributed by atoms with Crippen LogP contribution in [0, 0.1) is 11.8 Å². The molecule has 3 aliphatic rings. The standard InChI is InChI=1S/C16H16O4/c17-14-13-6-5-10-3-1-2-4-12(10)16(13,15(18)20-14)11-7-8-19-9-11/h1-4,11,13H,5-9H2. The van der Waals surface area contributed by atoms with E-state index in [1.807, 2.05) is 18.2 Å². The number of esters is 2. The summed E-state index contributed by atoms with van der Waals surface area (Å²) in [6.07, 6.45) is 2.34. The first kappa shape index (κ1) is 12.1. The zero-order valence-electron chi connectivity index (χ0n) is 11.1. The molecule has 0 spiro atoms. The van der Waals surface area contributed by atoms with Crippen molar-refractivity contribution in [2.75, 3.05) is 13.2 Å². The molecule has 2 fully saturated rings. The molecule has 3 unspecified atom stereocenters. The molecule has 0 amide bonds. The summed E-state index contributed by atoms with van der Waals surface area (Å²) in [6.45, 7) is 1.19. The van der Waals surface area contributed by atoms with Crippen molar-refractivity contribution in [1.29, 1.82) is 0 Å². The molecule has 4 heteroatoms. The summed E-state index contributed by atoms with van der Waals surface area (Å²) < 4.78 is 10.5. The third-order valence-electron chi connectivity index (χ3n) is 5.10. The smallest absolute Gasteiger partial charge is 0.325 e. The maximum Gasteiger partial charge on any atom is 0.325 e. The third kappa shape index (κ3) is 1.35. The van der Waals surface area contributed by atoms with Crippen molar-refractivity contribution in [2.45, 2.75) is 24.7 Å². The minimum atomic E-state index is -0.803. The molecule has 3 atom stereocenters. The second-order valence-corrected chi connectivity index (χ2v) is 5.89. The van der Waals surface area contributed by atoms with Crippen molar-refractivity contribution >= 4 is 11.9 Å². The Balaban J connectivity index is 1.96. The maximum atomic E-state index is 12.6. The van der Waals surface area contributed by atoms with Crippen molar-refractivity contribution in [3.05, 3.63) is 35.4 Å². The Morgan fingerprint density at radius 2 is 2.00 bits per heavy atom. The highest BCUT2D eigenvalue weighted by Crippen LogP contribution is 2.53. The first-order valence-corrected chi connectivity index (χ1v) is 7.17. The molecule has 104 valence electrons. The number of ether oxygens (including phenoxy) is 2. The number of aryl methyl sites for hydroxylation is 1. The quantitative estimate of drug-likeness (QED) is 0.575. The van der Waals surface area contributed by atoms with Crippen LogP contribution in [0.2, 0.25) is 0 Å². The van der Waals surface area contributed by atoms with E-state index >= 15 is 0 Å². The number of carbonyl (C=O) groups excluding carboxylic acids is 2. The van der Waals surface area contributed by atoms with Gasteiger partial charge in [-0.3, -0.25) is 9.59 Å². The van der Waals surface area contributed by atoms with E-state index in [2.05, 4.69) is 6.07 Å². The average molecular weight is 272 g/mol. The Kier molecular flexibility index (Phi) is 2.51. The van der Waals surface area contributed by atoms with Gasteiger partial charge in [-0.1, -0.05) is 24.3 Å². The topological polar surface area (TPSA) is 52.6 Å². The highest BCUT2D eigenvalue weighted by molar-refractivity contribution is 6.03. The summed E-state index contributed by atoms with van der Waals surface area (Å²) in [4.78, 5) is 24.7. The molecule has 4 rings (SSSR count). The Morgan fingerprint density at radius 3 is 2.80 bits per heavy atom. The van der Waals surface area contributed by atoms with Gasteiger partial charge in [0.15, 0.2) is 0 Å². The molecule has 0 N–H and O–H groups in total. The van der Waals surface area contributed by atoms with E-state index in [9.17, 15) is 9.59 Å². The Morgan fingerprint density at radius 1 is 1.15 bits per heavy atom. The molecule has 2 heterocycles. The Bertz CT molecular complexity index is 588. The largest absolute Gasteiger partial charge is 0.392 e. The summed E-state index contributed by atoms with van der Waals surface area (Å²) in [7, 11) is 0. The van der Waals surface area contributed by atoms with Gasteiger partial charge in [-0.15, -0.1) is 0 Å². The summed E-state index contributed by atoms with van der Waals surface area (Å²) in [6, 6.07) is 7.97. The van der Waals surface area contributed by atoms with Crippen molar-refractivity contribution < 1.29 is 19.1 Å². The number of hydrogen-bond donors (Lipinski definition) is 0. The van der Waals surface area contributed by atoms with Gasteiger partial charge in [0, 0.05) is 12.5 Å². The van der Waals surface area contributed by atoms with Crippen LogP contribution in [0.3, 0.4) is 0 Å². The maximum absolute atomic E-state index is 12.6. The van der Waals surface area contributed by atoms with E-state index in [0.717, 1.165) is 18.4 Å². The number of hydrogen-bond acceptors (Lipinski definition) is 4. The van der Waals surface area contributed by atoms with Gasteiger partial charge in [0.1, 0.15) is 5.41 Å². The van der Waals surface area contributed by atoms with E-state index in [1.54, 1.807) is 0 Å². The molecule has 0 aromatic heterocycles. The summed E-state index contributed by atoms with van der Waals surface area (Å²) >= 11 is 0. The number of rotatable bonds is 1. The fraction of sp³-hybridized carbons (Fsp3) is 0.500. The summed E-state index contributed by atoms with van der Waals surface area (Å²) in [5.74, 6) is -1.00. The van der Waals surface area contributed by atoms with Gasteiger partial charge in [0.05, 0.1) is 12.5 Å². The summed E-state index contributed by atoms with van der Waals surface area (Å²) in [5.41, 5.74) is 1.35. The van der Waals surface area contributed by atoms with Crippen LogP contribution in [-0.4, -0.2) is 25.2 Å². The van der Waals surface area contributed by atoms with E-state index < -0.39 is 5.41 Å². The second-order valence-electron chi connectivity index (χ2n) is 5.89. The van der Waals surface area contributed by atoms with Crippen molar-refractivity contribution in [3.8, 4) is 0 Å². The predicted octanol–water partition coefficient (Wildman–Crippen LogP) is 1.61. The van der Waals surface area contributed by atoms with Gasteiger partial charge >= 0.3 is 11.9 Å². The normalized spacial score (nSPS) is 35.6. The molecule has 0 bridgehead atoms. The van der Waals surface area contributed by atoms with Crippen LogP contribution < -0.4 is 0 Å². The number of carbonyl (C=O) groups is 2. The van der Waals surface area contributed by atoms with Crippen LogP contribution in [0.5, 0.6) is 0 Å². The zero-order valence-corrected chi connectivity index (χ0v) is 11.1. The molecular weight excluding hydrogens is 256 g/mol. The van der Waals surface area contributed by atoms with Crippen molar-refractivity contribution in [2.24, 2.45) is 11.8 Å². The van der Waals surface area contributed by atoms with Gasteiger partial charge in [-0.25, -0.2) is 0 Å². The fourth-order valence-electron chi connectivity index (χ4n) is 4.22. The Labute approximate surface area is 117 Å². The second kappa shape index (κ2) is 4.16. The highest BCUT2D eigenvalue weighted by atomic mass is 16.6. The molecule has 1 aromatic carbocycles. The molecule has 2 saturated heterocycles. The number of fused-ring (bicyclic) bond motifs is 3. The summed E-state index contributed by atoms with van der Waals surface area (Å²) in [5, 5.41) is 0. The zero-order chi connectivity index (χ0) is 13.7. The highest BCUT2D eigenvalue weighted by Gasteiger charge is 2.64. The lowest BCUT2D eigenvalue weighted by molar-refractivity contribution is -0.154. The van der Waals surface area contributed by atoms with Gasteiger partial charge in [-0.2, -0.15) is 0 Å². The van der Waals surface area contributed by atoms with Crippen LogP contribution in [0.25, 0.3) is 0 Å². The van der Waals surface area contributed by atoms with Crippen LogP contribution >= 0.6 is 0 Å². The van der Waals surface area contributed by atoms with Crippen LogP contribution in [0.1, 0.15) is 24.0 Å². The molecule has 20 heavy (non-hydrogen) atoms. The fourth-order valence-corrected chi connectivity index (χ4v) is 4.22. The molecule has 2 aliphatic heterocycles. The van der Waals surface area contributed by atoms with Gasteiger partial charge in [0.25, 0.3) is 0 Å². The average Bonchev–Trinajstić information content (AvgIpc) is 3.07. The third-order valence-corrected chi connectivity index (χ3v) is 5.10. The first-order chi connectivity index (χ1) is 9.74. The van der Waals surface area contributed by atoms with Gasteiger partial charge < -0.3 is 9.47 Å². The SMILES string of the molecule is O=C1OC(=O)C2(C3CCOC3)c3ccccc3CCC12. The first-order valence-electron chi connectivity index (χ1n) is 7.17.